The molecule has 0 saturated carbocycles. The number of carbonyl (C=O) groups excluding carboxylic acids is 1. The summed E-state index contributed by atoms with van der Waals surface area (Å²) in [6.07, 6.45) is -1.86. The van der Waals surface area contributed by atoms with Crippen LogP contribution in [0.2, 0.25) is 4.34 Å². The van der Waals surface area contributed by atoms with Crippen LogP contribution in [-0.4, -0.2) is 26.1 Å². The van der Waals surface area contributed by atoms with Crippen molar-refractivity contribution in [3.63, 3.8) is 0 Å². The van der Waals surface area contributed by atoms with Crippen molar-refractivity contribution >= 4 is 50.7 Å². The predicted octanol–water partition coefficient (Wildman–Crippen LogP) is 4.94. The molecule has 1 amide bonds. The second kappa shape index (κ2) is 9.47. The number of carbonyl (C=O) groups is 1. The van der Waals surface area contributed by atoms with Gasteiger partial charge in [-0.05, 0) is 48.0 Å². The molecule has 0 fully saturated rings. The minimum Gasteiger partial charge on any atom is -0.311 e. The van der Waals surface area contributed by atoms with E-state index in [-0.39, 0.29) is 13.1 Å². The maximum atomic E-state index is 12.7. The molecule has 0 aliphatic carbocycles. The summed E-state index contributed by atoms with van der Waals surface area (Å²) in [5.74, 6) is 0. The highest BCUT2D eigenvalue weighted by molar-refractivity contribution is 7.92. The number of hydrogen-bond acceptors (Lipinski definition) is 5. The number of benzene rings is 1. The molecule has 6 nitrogen and oxygen atoms in total. The fourth-order valence-electron chi connectivity index (χ4n) is 2.86. The number of pyridine rings is 1. The average molecular weight is 504 g/mol. The van der Waals surface area contributed by atoms with E-state index >= 15 is 0 Å². The van der Waals surface area contributed by atoms with Crippen LogP contribution in [0.5, 0.6) is 0 Å². The van der Waals surface area contributed by atoms with E-state index < -0.39 is 21.9 Å². The summed E-state index contributed by atoms with van der Waals surface area (Å²) in [5.41, 5.74) is 0.219. The maximum Gasteiger partial charge on any atom is 0.433 e. The molecule has 12 heteroatoms. The molecule has 1 aromatic carbocycles. The summed E-state index contributed by atoms with van der Waals surface area (Å²) in [7, 11) is -3.60. The first kappa shape index (κ1) is 24.0. The van der Waals surface area contributed by atoms with E-state index in [1.165, 1.54) is 26.6 Å². The van der Waals surface area contributed by atoms with Crippen molar-refractivity contribution in [2.24, 2.45) is 0 Å². The molecule has 2 heterocycles. The summed E-state index contributed by atoms with van der Waals surface area (Å²) in [5, 5.41) is 0. The second-order valence-electron chi connectivity index (χ2n) is 6.77. The highest BCUT2D eigenvalue weighted by Crippen LogP contribution is 2.29. The molecular weight excluding hydrogens is 487 g/mol. The molecule has 0 N–H and O–H groups in total. The van der Waals surface area contributed by atoms with Crippen molar-refractivity contribution in [3.8, 4) is 0 Å². The van der Waals surface area contributed by atoms with Crippen LogP contribution in [0.15, 0.2) is 54.7 Å². The van der Waals surface area contributed by atoms with Gasteiger partial charge in [-0.1, -0.05) is 17.7 Å². The van der Waals surface area contributed by atoms with E-state index in [2.05, 4.69) is 4.98 Å². The zero-order chi connectivity index (χ0) is 23.5. The van der Waals surface area contributed by atoms with Gasteiger partial charge in [-0.2, -0.15) is 13.2 Å². The first-order valence-corrected chi connectivity index (χ1v) is 12.1. The fourth-order valence-corrected chi connectivity index (χ4v) is 4.90. The van der Waals surface area contributed by atoms with Crippen LogP contribution in [0.25, 0.3) is 0 Å². The van der Waals surface area contributed by atoms with Crippen LogP contribution in [0, 0.1) is 0 Å². The van der Waals surface area contributed by atoms with Gasteiger partial charge in [-0.3, -0.25) is 14.1 Å². The Hall–Kier alpha value is -2.63. The van der Waals surface area contributed by atoms with Gasteiger partial charge >= 0.3 is 6.18 Å². The van der Waals surface area contributed by atoms with Crippen LogP contribution in [0.4, 0.5) is 24.5 Å². The van der Waals surface area contributed by atoms with Crippen molar-refractivity contribution in [1.29, 1.82) is 0 Å². The lowest BCUT2D eigenvalue weighted by Crippen LogP contribution is -2.29. The van der Waals surface area contributed by atoms with Crippen molar-refractivity contribution in [1.82, 2.24) is 4.98 Å². The standard InChI is InChI=1S/C20H17ClF3N3O3S2/c1-32(29,30)27(12-17-7-9-19(21)31-17)16-5-3-15(4-6-16)26(13-28)11-14-2-8-18(25-10-14)20(22,23)24/h2-10,13H,11-12H2,1H3. The van der Waals surface area contributed by atoms with Crippen molar-refractivity contribution in [3.05, 3.63) is 75.2 Å². The van der Waals surface area contributed by atoms with Gasteiger partial charge in [0.1, 0.15) is 5.69 Å². The summed E-state index contributed by atoms with van der Waals surface area (Å²) in [6, 6.07) is 11.7. The Morgan fingerprint density at radius 3 is 2.16 bits per heavy atom. The quantitative estimate of drug-likeness (QED) is 0.408. The lowest BCUT2D eigenvalue weighted by molar-refractivity contribution is -0.141. The Morgan fingerprint density at radius 2 is 1.69 bits per heavy atom. The lowest BCUT2D eigenvalue weighted by atomic mass is 10.2. The van der Waals surface area contributed by atoms with Crippen molar-refractivity contribution < 1.29 is 26.4 Å². The third-order valence-electron chi connectivity index (χ3n) is 4.39. The van der Waals surface area contributed by atoms with Crippen LogP contribution >= 0.6 is 22.9 Å². The Bertz CT molecular complexity index is 1180. The molecule has 0 spiro atoms. The molecule has 0 bridgehead atoms. The molecule has 3 rings (SSSR count). The van der Waals surface area contributed by atoms with Crippen LogP contribution in [0.3, 0.4) is 0 Å². The average Bonchev–Trinajstić information content (AvgIpc) is 3.14. The van der Waals surface area contributed by atoms with Gasteiger partial charge in [0, 0.05) is 16.8 Å². The molecule has 32 heavy (non-hydrogen) atoms. The smallest absolute Gasteiger partial charge is 0.311 e. The molecule has 0 atom stereocenters. The minimum atomic E-state index is -4.54. The Labute approximate surface area is 191 Å². The lowest BCUT2D eigenvalue weighted by Gasteiger charge is -2.23. The van der Waals surface area contributed by atoms with Gasteiger partial charge in [0.2, 0.25) is 16.4 Å². The van der Waals surface area contributed by atoms with Crippen LogP contribution < -0.4 is 9.21 Å². The highest BCUT2D eigenvalue weighted by atomic mass is 35.5. The largest absolute Gasteiger partial charge is 0.433 e. The number of thiophene rings is 1. The highest BCUT2D eigenvalue weighted by Gasteiger charge is 2.32. The summed E-state index contributed by atoms with van der Waals surface area (Å²) in [4.78, 5) is 17.0. The number of alkyl halides is 3. The molecule has 0 aliphatic rings. The first-order valence-electron chi connectivity index (χ1n) is 9.03. The monoisotopic (exact) mass is 503 g/mol. The van der Waals surface area contributed by atoms with Gasteiger partial charge in [-0.15, -0.1) is 11.3 Å². The predicted molar refractivity (Wildman–Crippen MR) is 118 cm³/mol. The van der Waals surface area contributed by atoms with E-state index in [0.717, 1.165) is 23.4 Å². The van der Waals surface area contributed by atoms with E-state index in [9.17, 15) is 26.4 Å². The van der Waals surface area contributed by atoms with E-state index in [0.29, 0.717) is 27.7 Å². The number of aromatic nitrogens is 1. The first-order chi connectivity index (χ1) is 15.0. The van der Waals surface area contributed by atoms with Crippen LogP contribution in [0.1, 0.15) is 16.1 Å². The number of rotatable bonds is 8. The Balaban J connectivity index is 1.79. The van der Waals surface area contributed by atoms with Gasteiger partial charge in [0.15, 0.2) is 0 Å². The molecular formula is C20H17ClF3N3O3S2. The van der Waals surface area contributed by atoms with E-state index in [4.69, 9.17) is 11.6 Å². The van der Waals surface area contributed by atoms with Crippen molar-refractivity contribution in [2.45, 2.75) is 19.3 Å². The number of amides is 1. The van der Waals surface area contributed by atoms with Gasteiger partial charge in [0.25, 0.3) is 0 Å². The third-order valence-corrected chi connectivity index (χ3v) is 6.75. The second-order valence-corrected chi connectivity index (χ2v) is 10.5. The summed E-state index contributed by atoms with van der Waals surface area (Å²) >= 11 is 7.20. The number of sulfonamides is 1. The zero-order valence-electron chi connectivity index (χ0n) is 16.6. The Kier molecular flexibility index (Phi) is 7.11. The number of halogens is 4. The minimum absolute atomic E-state index is 0.00251. The summed E-state index contributed by atoms with van der Waals surface area (Å²) in [6.45, 7) is 0.0989. The van der Waals surface area contributed by atoms with Gasteiger partial charge in [0.05, 0.1) is 29.4 Å². The molecule has 2 aromatic heterocycles. The van der Waals surface area contributed by atoms with E-state index in [1.807, 2.05) is 0 Å². The molecule has 170 valence electrons. The number of anilines is 2. The number of hydrogen-bond donors (Lipinski definition) is 0. The molecule has 3 aromatic rings. The fraction of sp³-hybridized carbons (Fsp3) is 0.200. The van der Waals surface area contributed by atoms with Crippen molar-refractivity contribution in [2.75, 3.05) is 15.5 Å². The molecule has 0 unspecified atom stereocenters. The molecule has 0 radical (unpaired) electrons. The third kappa shape index (κ3) is 5.99. The maximum absolute atomic E-state index is 12.7. The summed E-state index contributed by atoms with van der Waals surface area (Å²) < 4.78 is 64.3. The normalized spacial score (nSPS) is 11.9. The van der Waals surface area contributed by atoms with E-state index in [1.54, 1.807) is 36.4 Å². The topological polar surface area (TPSA) is 70.6 Å². The molecule has 0 aliphatic heterocycles. The van der Waals surface area contributed by atoms with Crippen LogP contribution in [-0.2, 0) is 34.1 Å². The SMILES string of the molecule is CS(=O)(=O)N(Cc1ccc(Cl)s1)c1ccc(N(C=O)Cc2ccc(C(F)(F)F)nc2)cc1. The molecule has 0 saturated heterocycles. The Morgan fingerprint density at radius 1 is 1.03 bits per heavy atom. The van der Waals surface area contributed by atoms with Gasteiger partial charge in [-0.25, -0.2) is 8.42 Å². The number of nitrogens with zero attached hydrogens (tertiary/aromatic N) is 3. The van der Waals surface area contributed by atoms with Gasteiger partial charge < -0.3 is 4.90 Å². The zero-order valence-corrected chi connectivity index (χ0v) is 19.0.